The van der Waals surface area contributed by atoms with Crippen LogP contribution in [0.2, 0.25) is 10.0 Å². The zero-order valence-electron chi connectivity index (χ0n) is 9.79. The molecule has 0 amide bonds. The molecule has 0 heterocycles. The van der Waals surface area contributed by atoms with Gasteiger partial charge in [0, 0.05) is 11.8 Å². The fourth-order valence-electron chi connectivity index (χ4n) is 1.48. The molecule has 0 bridgehead atoms. The number of hydrogen-bond acceptors (Lipinski definition) is 2. The number of halogens is 2. The molecule has 0 aliphatic carbocycles. The summed E-state index contributed by atoms with van der Waals surface area (Å²) in [6.45, 7) is 2.05. The van der Waals surface area contributed by atoms with Crippen molar-refractivity contribution < 1.29 is 4.21 Å². The van der Waals surface area contributed by atoms with E-state index in [1.165, 1.54) is 0 Å². The van der Waals surface area contributed by atoms with E-state index < -0.39 is 10.8 Å². The molecule has 0 radical (unpaired) electrons. The van der Waals surface area contributed by atoms with Crippen LogP contribution in [0.4, 0.5) is 0 Å². The van der Waals surface area contributed by atoms with Crippen molar-refractivity contribution in [2.75, 3.05) is 5.75 Å². The van der Waals surface area contributed by atoms with E-state index in [-0.39, 0.29) is 6.04 Å². The SMILES string of the molecule is CCC(N)CCCS(=O)c1c(Cl)cccc1Cl. The molecule has 1 rings (SSSR count). The second-order valence-corrected chi connectivity index (χ2v) is 6.23. The zero-order valence-corrected chi connectivity index (χ0v) is 12.1. The minimum Gasteiger partial charge on any atom is -0.328 e. The van der Waals surface area contributed by atoms with Crippen molar-refractivity contribution in [3.8, 4) is 0 Å². The predicted octanol–water partition coefficient (Wildman–Crippen LogP) is 3.62. The fraction of sp³-hybridized carbons (Fsp3) is 0.500. The Morgan fingerprint density at radius 1 is 1.35 bits per heavy atom. The van der Waals surface area contributed by atoms with Crippen molar-refractivity contribution in [3.63, 3.8) is 0 Å². The Morgan fingerprint density at radius 2 is 1.94 bits per heavy atom. The molecule has 5 heteroatoms. The molecule has 2 unspecified atom stereocenters. The molecule has 0 spiro atoms. The van der Waals surface area contributed by atoms with Gasteiger partial charge in [0.15, 0.2) is 0 Å². The molecule has 0 saturated heterocycles. The van der Waals surface area contributed by atoms with E-state index in [1.54, 1.807) is 18.2 Å². The van der Waals surface area contributed by atoms with E-state index in [0.29, 0.717) is 20.7 Å². The summed E-state index contributed by atoms with van der Waals surface area (Å²) in [7, 11) is -1.14. The summed E-state index contributed by atoms with van der Waals surface area (Å²) in [6.07, 6.45) is 2.65. The highest BCUT2D eigenvalue weighted by Gasteiger charge is 2.13. The third kappa shape index (κ3) is 4.59. The summed E-state index contributed by atoms with van der Waals surface area (Å²) in [5.41, 5.74) is 5.81. The van der Waals surface area contributed by atoms with E-state index >= 15 is 0 Å². The van der Waals surface area contributed by atoms with E-state index in [1.807, 2.05) is 6.92 Å². The molecule has 96 valence electrons. The Bertz CT molecular complexity index is 378. The summed E-state index contributed by atoms with van der Waals surface area (Å²) in [5.74, 6) is 0.553. The zero-order chi connectivity index (χ0) is 12.8. The largest absolute Gasteiger partial charge is 0.328 e. The van der Waals surface area contributed by atoms with Gasteiger partial charge >= 0.3 is 0 Å². The van der Waals surface area contributed by atoms with E-state index in [4.69, 9.17) is 28.9 Å². The standard InChI is InChI=1S/C12H17Cl2NOS/c1-2-9(15)5-4-8-17(16)12-10(13)6-3-7-11(12)14/h3,6-7,9H,2,4-5,8,15H2,1H3. The topological polar surface area (TPSA) is 43.1 Å². The van der Waals surface area contributed by atoms with Crippen LogP contribution in [0.3, 0.4) is 0 Å². The van der Waals surface area contributed by atoms with Crippen molar-refractivity contribution in [1.82, 2.24) is 0 Å². The smallest absolute Gasteiger partial charge is 0.0760 e. The number of hydrogen-bond donors (Lipinski definition) is 1. The van der Waals surface area contributed by atoms with Crippen LogP contribution in [0.25, 0.3) is 0 Å². The van der Waals surface area contributed by atoms with E-state index in [0.717, 1.165) is 19.3 Å². The van der Waals surface area contributed by atoms with Crippen molar-refractivity contribution in [2.24, 2.45) is 5.73 Å². The second-order valence-electron chi connectivity index (χ2n) is 3.91. The number of benzene rings is 1. The third-order valence-corrected chi connectivity index (χ3v) is 4.98. The van der Waals surface area contributed by atoms with Gasteiger partial charge in [-0.2, -0.15) is 0 Å². The number of nitrogens with two attached hydrogens (primary N) is 1. The lowest BCUT2D eigenvalue weighted by Gasteiger charge is -2.09. The highest BCUT2D eigenvalue weighted by molar-refractivity contribution is 7.85. The molecule has 0 fully saturated rings. The van der Waals surface area contributed by atoms with Crippen molar-refractivity contribution in [2.45, 2.75) is 37.1 Å². The van der Waals surface area contributed by atoms with Gasteiger partial charge in [0.05, 0.1) is 25.7 Å². The highest BCUT2D eigenvalue weighted by Crippen LogP contribution is 2.28. The minimum atomic E-state index is -1.14. The van der Waals surface area contributed by atoms with Gasteiger partial charge in [0.1, 0.15) is 0 Å². The van der Waals surface area contributed by atoms with Gasteiger partial charge in [-0.15, -0.1) is 0 Å². The van der Waals surface area contributed by atoms with Crippen LogP contribution >= 0.6 is 23.2 Å². The van der Waals surface area contributed by atoms with Gasteiger partial charge in [-0.25, -0.2) is 0 Å². The summed E-state index contributed by atoms with van der Waals surface area (Å²) >= 11 is 12.0. The average Bonchev–Trinajstić information content (AvgIpc) is 2.28. The maximum absolute atomic E-state index is 12.1. The van der Waals surface area contributed by atoms with Crippen LogP contribution in [0.5, 0.6) is 0 Å². The summed E-state index contributed by atoms with van der Waals surface area (Å²) < 4.78 is 12.1. The Kier molecular flexibility index (Phi) is 6.49. The lowest BCUT2D eigenvalue weighted by Crippen LogP contribution is -2.19. The Hall–Kier alpha value is -0.0900. The normalized spacial score (nSPS) is 14.6. The molecule has 0 saturated carbocycles. The molecule has 1 aromatic carbocycles. The van der Waals surface area contributed by atoms with Crippen LogP contribution in [0.1, 0.15) is 26.2 Å². The van der Waals surface area contributed by atoms with E-state index in [2.05, 4.69) is 0 Å². The molecule has 17 heavy (non-hydrogen) atoms. The van der Waals surface area contributed by atoms with Crippen LogP contribution in [-0.2, 0) is 10.8 Å². The summed E-state index contributed by atoms with van der Waals surface area (Å²) in [6, 6.07) is 5.35. The lowest BCUT2D eigenvalue weighted by atomic mass is 10.1. The van der Waals surface area contributed by atoms with E-state index in [9.17, 15) is 4.21 Å². The Morgan fingerprint density at radius 3 is 2.47 bits per heavy atom. The average molecular weight is 294 g/mol. The van der Waals surface area contributed by atoms with Gasteiger partial charge in [-0.3, -0.25) is 4.21 Å². The molecule has 2 N–H and O–H groups in total. The summed E-state index contributed by atoms with van der Waals surface area (Å²) in [4.78, 5) is 0.543. The van der Waals surface area contributed by atoms with Gasteiger partial charge in [-0.05, 0) is 31.4 Å². The highest BCUT2D eigenvalue weighted by atomic mass is 35.5. The van der Waals surface area contributed by atoms with Gasteiger partial charge < -0.3 is 5.73 Å². The Labute approximate surface area is 115 Å². The van der Waals surface area contributed by atoms with Crippen LogP contribution in [0, 0.1) is 0 Å². The first-order valence-corrected chi connectivity index (χ1v) is 7.71. The number of rotatable bonds is 6. The van der Waals surface area contributed by atoms with Crippen molar-refractivity contribution in [1.29, 1.82) is 0 Å². The maximum Gasteiger partial charge on any atom is 0.0760 e. The first kappa shape index (κ1) is 15.0. The first-order valence-electron chi connectivity index (χ1n) is 5.64. The molecule has 0 aliphatic rings. The van der Waals surface area contributed by atoms with Gasteiger partial charge in [-0.1, -0.05) is 36.2 Å². The second kappa shape index (κ2) is 7.37. The predicted molar refractivity (Wildman–Crippen MR) is 75.2 cm³/mol. The fourth-order valence-corrected chi connectivity index (χ4v) is 3.60. The molecule has 2 nitrogen and oxygen atoms in total. The van der Waals surface area contributed by atoms with Crippen LogP contribution in [-0.4, -0.2) is 16.0 Å². The van der Waals surface area contributed by atoms with Gasteiger partial charge in [0.25, 0.3) is 0 Å². The summed E-state index contributed by atoms with van der Waals surface area (Å²) in [5, 5.41) is 0.936. The third-order valence-electron chi connectivity index (χ3n) is 2.58. The molecule has 0 aliphatic heterocycles. The molecule has 2 atom stereocenters. The lowest BCUT2D eigenvalue weighted by molar-refractivity contribution is 0.586. The molecule has 0 aromatic heterocycles. The minimum absolute atomic E-state index is 0.189. The first-order chi connectivity index (χ1) is 8.06. The molecule has 1 aromatic rings. The van der Waals surface area contributed by atoms with Crippen molar-refractivity contribution >= 4 is 34.0 Å². The molecular weight excluding hydrogens is 277 g/mol. The quantitative estimate of drug-likeness (QED) is 0.870. The van der Waals surface area contributed by atoms with Crippen LogP contribution < -0.4 is 5.73 Å². The monoisotopic (exact) mass is 293 g/mol. The van der Waals surface area contributed by atoms with Crippen LogP contribution in [0.15, 0.2) is 23.1 Å². The maximum atomic E-state index is 12.1. The van der Waals surface area contributed by atoms with Crippen molar-refractivity contribution in [3.05, 3.63) is 28.2 Å². The Balaban J connectivity index is 2.59. The molecular formula is C12H17Cl2NOS. The van der Waals surface area contributed by atoms with Gasteiger partial charge in [0.2, 0.25) is 0 Å².